The number of aryl methyl sites for hydroxylation is 1. The molecule has 4 heteroatoms. The Labute approximate surface area is 133 Å². The lowest BCUT2D eigenvalue weighted by Gasteiger charge is -2.23. The highest BCUT2D eigenvalue weighted by Crippen LogP contribution is 2.23. The first-order chi connectivity index (χ1) is 10.0. The number of carbonyl (C=O) groups is 1. The van der Waals surface area contributed by atoms with Gasteiger partial charge in [-0.3, -0.25) is 4.79 Å². The number of nitrogen functional groups attached to an aromatic ring is 1. The maximum absolute atomic E-state index is 12.9. The highest BCUT2D eigenvalue weighted by atomic mass is 79.9. The zero-order valence-corrected chi connectivity index (χ0v) is 13.9. The molecule has 0 radical (unpaired) electrons. The van der Waals surface area contributed by atoms with Gasteiger partial charge in [-0.2, -0.15) is 0 Å². The lowest BCUT2D eigenvalue weighted by atomic mass is 10.1. The standard InChI is InChI=1S/C17H19BrN2O/c1-3-10-20(15-8-6-14(19)7-9-15)17(21)16-11-13(18)5-4-12(16)2/h4-9,11H,3,10,19H2,1-2H3. The number of carbonyl (C=O) groups excluding carboxylic acids is 1. The smallest absolute Gasteiger partial charge is 0.258 e. The van der Waals surface area contributed by atoms with Crippen molar-refractivity contribution < 1.29 is 4.79 Å². The maximum Gasteiger partial charge on any atom is 0.258 e. The Bertz CT molecular complexity index is 638. The number of halogens is 1. The molecule has 0 aliphatic heterocycles. The van der Waals surface area contributed by atoms with E-state index in [2.05, 4.69) is 22.9 Å². The quantitative estimate of drug-likeness (QED) is 0.834. The van der Waals surface area contributed by atoms with Crippen LogP contribution in [0, 0.1) is 6.92 Å². The summed E-state index contributed by atoms with van der Waals surface area (Å²) >= 11 is 3.43. The highest BCUT2D eigenvalue weighted by molar-refractivity contribution is 9.10. The maximum atomic E-state index is 12.9. The molecule has 2 N–H and O–H groups in total. The number of nitrogens with two attached hydrogens (primary N) is 1. The Balaban J connectivity index is 2.39. The van der Waals surface area contributed by atoms with Crippen LogP contribution in [-0.2, 0) is 0 Å². The molecule has 0 aliphatic rings. The van der Waals surface area contributed by atoms with Crippen molar-refractivity contribution in [3.63, 3.8) is 0 Å². The summed E-state index contributed by atoms with van der Waals surface area (Å²) in [6.07, 6.45) is 0.892. The Morgan fingerprint density at radius 1 is 1.19 bits per heavy atom. The molecule has 0 atom stereocenters. The number of benzene rings is 2. The van der Waals surface area contributed by atoms with E-state index in [-0.39, 0.29) is 5.91 Å². The Morgan fingerprint density at radius 2 is 1.86 bits per heavy atom. The normalized spacial score (nSPS) is 10.4. The summed E-state index contributed by atoms with van der Waals surface area (Å²) in [5.74, 6) is 0.0143. The molecule has 2 aromatic carbocycles. The molecule has 0 spiro atoms. The van der Waals surface area contributed by atoms with Crippen molar-refractivity contribution in [1.29, 1.82) is 0 Å². The van der Waals surface area contributed by atoms with Crippen LogP contribution in [-0.4, -0.2) is 12.5 Å². The monoisotopic (exact) mass is 346 g/mol. The average molecular weight is 347 g/mol. The number of anilines is 2. The van der Waals surface area contributed by atoms with Crippen LogP contribution in [0.5, 0.6) is 0 Å². The SMILES string of the molecule is CCCN(C(=O)c1cc(Br)ccc1C)c1ccc(N)cc1. The Morgan fingerprint density at radius 3 is 2.48 bits per heavy atom. The third-order valence-corrected chi connectivity index (χ3v) is 3.82. The molecule has 2 rings (SSSR count). The van der Waals surface area contributed by atoms with Gasteiger partial charge < -0.3 is 10.6 Å². The van der Waals surface area contributed by atoms with Crippen LogP contribution in [0.3, 0.4) is 0 Å². The molecule has 0 fully saturated rings. The van der Waals surface area contributed by atoms with Crippen molar-refractivity contribution in [1.82, 2.24) is 0 Å². The van der Waals surface area contributed by atoms with Crippen LogP contribution in [0.2, 0.25) is 0 Å². The van der Waals surface area contributed by atoms with E-state index in [1.807, 2.05) is 49.4 Å². The second-order valence-electron chi connectivity index (χ2n) is 5.01. The van der Waals surface area contributed by atoms with Crippen molar-refractivity contribution in [2.75, 3.05) is 17.2 Å². The summed E-state index contributed by atoms with van der Waals surface area (Å²) < 4.78 is 0.908. The first-order valence-corrected chi connectivity index (χ1v) is 7.75. The molecule has 0 bridgehead atoms. The summed E-state index contributed by atoms with van der Waals surface area (Å²) in [4.78, 5) is 14.7. The fraction of sp³-hybridized carbons (Fsp3) is 0.235. The predicted molar refractivity (Wildman–Crippen MR) is 91.7 cm³/mol. The largest absolute Gasteiger partial charge is 0.399 e. The second kappa shape index (κ2) is 6.76. The fourth-order valence-corrected chi connectivity index (χ4v) is 2.56. The summed E-state index contributed by atoms with van der Waals surface area (Å²) in [7, 11) is 0. The third-order valence-electron chi connectivity index (χ3n) is 3.33. The van der Waals surface area contributed by atoms with E-state index in [0.717, 1.165) is 27.7 Å². The van der Waals surface area contributed by atoms with Crippen molar-refractivity contribution >= 4 is 33.2 Å². The van der Waals surface area contributed by atoms with Gasteiger partial charge in [-0.25, -0.2) is 0 Å². The topological polar surface area (TPSA) is 46.3 Å². The average Bonchev–Trinajstić information content (AvgIpc) is 2.48. The predicted octanol–water partition coefficient (Wildman–Crippen LogP) is 4.40. The summed E-state index contributed by atoms with van der Waals surface area (Å²) in [5, 5.41) is 0. The van der Waals surface area contributed by atoms with Crippen LogP contribution < -0.4 is 10.6 Å². The molecule has 1 amide bonds. The number of hydrogen-bond donors (Lipinski definition) is 1. The van der Waals surface area contributed by atoms with Crippen LogP contribution >= 0.6 is 15.9 Å². The van der Waals surface area contributed by atoms with Gasteiger partial charge in [-0.05, 0) is 55.3 Å². The van der Waals surface area contributed by atoms with E-state index in [9.17, 15) is 4.79 Å². The van der Waals surface area contributed by atoms with Crippen LogP contribution in [0.25, 0.3) is 0 Å². The highest BCUT2D eigenvalue weighted by Gasteiger charge is 2.18. The molecular formula is C17H19BrN2O. The minimum Gasteiger partial charge on any atom is -0.399 e. The van der Waals surface area contributed by atoms with Crippen LogP contribution in [0.15, 0.2) is 46.9 Å². The van der Waals surface area contributed by atoms with E-state index >= 15 is 0 Å². The van der Waals surface area contributed by atoms with E-state index in [0.29, 0.717) is 12.2 Å². The van der Waals surface area contributed by atoms with Crippen LogP contribution in [0.1, 0.15) is 29.3 Å². The van der Waals surface area contributed by atoms with Gasteiger partial charge in [-0.15, -0.1) is 0 Å². The van der Waals surface area contributed by atoms with E-state index in [1.165, 1.54) is 0 Å². The van der Waals surface area contributed by atoms with Gasteiger partial charge in [0.15, 0.2) is 0 Å². The zero-order valence-electron chi connectivity index (χ0n) is 12.3. The summed E-state index contributed by atoms with van der Waals surface area (Å²) in [6.45, 7) is 4.69. The number of nitrogens with zero attached hydrogens (tertiary/aromatic N) is 1. The van der Waals surface area contributed by atoms with E-state index in [1.54, 1.807) is 4.90 Å². The van der Waals surface area contributed by atoms with Crippen LogP contribution in [0.4, 0.5) is 11.4 Å². The molecule has 0 aliphatic carbocycles. The van der Waals surface area contributed by atoms with Crippen molar-refractivity contribution in [3.05, 3.63) is 58.1 Å². The first-order valence-electron chi connectivity index (χ1n) is 6.96. The van der Waals surface area contributed by atoms with Gasteiger partial charge in [0.1, 0.15) is 0 Å². The molecule has 0 aromatic heterocycles. The van der Waals surface area contributed by atoms with E-state index in [4.69, 9.17) is 5.73 Å². The molecule has 0 saturated heterocycles. The number of rotatable bonds is 4. The zero-order chi connectivity index (χ0) is 15.4. The Hall–Kier alpha value is -1.81. The minimum atomic E-state index is 0.0143. The number of amides is 1. The fourth-order valence-electron chi connectivity index (χ4n) is 2.20. The molecule has 0 heterocycles. The van der Waals surface area contributed by atoms with Crippen molar-refractivity contribution in [2.45, 2.75) is 20.3 Å². The summed E-state index contributed by atoms with van der Waals surface area (Å²) in [6, 6.07) is 13.2. The third kappa shape index (κ3) is 3.64. The lowest BCUT2D eigenvalue weighted by Crippen LogP contribution is -2.32. The van der Waals surface area contributed by atoms with Gasteiger partial charge in [0.05, 0.1) is 0 Å². The Kier molecular flexibility index (Phi) is 5.02. The van der Waals surface area contributed by atoms with Gasteiger partial charge >= 0.3 is 0 Å². The van der Waals surface area contributed by atoms with E-state index < -0.39 is 0 Å². The van der Waals surface area contributed by atoms with Crippen molar-refractivity contribution in [2.24, 2.45) is 0 Å². The number of hydrogen-bond acceptors (Lipinski definition) is 2. The molecule has 0 unspecified atom stereocenters. The lowest BCUT2D eigenvalue weighted by molar-refractivity contribution is 0.0986. The minimum absolute atomic E-state index is 0.0143. The van der Waals surface area contributed by atoms with Gasteiger partial charge in [0, 0.05) is 28.0 Å². The summed E-state index contributed by atoms with van der Waals surface area (Å²) in [5.41, 5.74) is 8.98. The molecule has 2 aromatic rings. The molecule has 110 valence electrons. The molecule has 3 nitrogen and oxygen atoms in total. The second-order valence-corrected chi connectivity index (χ2v) is 5.92. The molecule has 0 saturated carbocycles. The van der Waals surface area contributed by atoms with Gasteiger partial charge in [0.2, 0.25) is 0 Å². The molecule has 21 heavy (non-hydrogen) atoms. The van der Waals surface area contributed by atoms with Crippen molar-refractivity contribution in [3.8, 4) is 0 Å². The van der Waals surface area contributed by atoms with Gasteiger partial charge in [-0.1, -0.05) is 28.9 Å². The van der Waals surface area contributed by atoms with Gasteiger partial charge in [0.25, 0.3) is 5.91 Å². The first kappa shape index (κ1) is 15.6. The molecular weight excluding hydrogens is 328 g/mol.